The Hall–Kier alpha value is -3.18. The second-order valence-corrected chi connectivity index (χ2v) is 9.06. The summed E-state index contributed by atoms with van der Waals surface area (Å²) in [4.78, 5) is 17.5. The Bertz CT molecular complexity index is 1240. The Morgan fingerprint density at radius 1 is 1.18 bits per heavy atom. The number of benzene rings is 2. The van der Waals surface area contributed by atoms with Gasteiger partial charge >= 0.3 is 0 Å². The van der Waals surface area contributed by atoms with Crippen molar-refractivity contribution in [2.45, 2.75) is 10.9 Å². The van der Waals surface area contributed by atoms with Crippen molar-refractivity contribution in [3.8, 4) is 0 Å². The molecule has 2 aromatic heterocycles. The van der Waals surface area contributed by atoms with Crippen LogP contribution >= 0.6 is 11.3 Å². The van der Waals surface area contributed by atoms with Crippen LogP contribution in [-0.2, 0) is 14.6 Å². The molecule has 2 heterocycles. The number of hydrogen-bond acceptors (Lipinski definition) is 8. The lowest BCUT2D eigenvalue weighted by atomic mass is 10.1. The third kappa shape index (κ3) is 3.62. The number of sulfone groups is 1. The number of carbonyl (C=O) groups is 1. The zero-order valence-electron chi connectivity index (χ0n) is 14.6. The lowest BCUT2D eigenvalue weighted by molar-refractivity contribution is -0.118. The first-order valence-corrected chi connectivity index (χ1v) is 10.8. The second kappa shape index (κ2) is 7.09. The molecule has 1 amide bonds. The largest absolute Gasteiger partial charge is 0.300 e. The quantitative estimate of drug-likeness (QED) is 0.530. The van der Waals surface area contributed by atoms with Crippen molar-refractivity contribution < 1.29 is 13.2 Å². The summed E-state index contributed by atoms with van der Waals surface area (Å²) < 4.78 is 25.5. The first kappa shape index (κ1) is 18.2. The van der Waals surface area contributed by atoms with Gasteiger partial charge in [-0.1, -0.05) is 41.7 Å². The van der Waals surface area contributed by atoms with Crippen molar-refractivity contribution in [3.63, 3.8) is 0 Å². The smallest absolute Gasteiger partial charge is 0.255 e. The van der Waals surface area contributed by atoms with Crippen LogP contribution < -0.4 is 5.32 Å². The molecule has 1 atom stereocenters. The van der Waals surface area contributed by atoms with Crippen molar-refractivity contribution in [2.24, 2.45) is 0 Å². The van der Waals surface area contributed by atoms with Gasteiger partial charge < -0.3 is 0 Å². The van der Waals surface area contributed by atoms with Gasteiger partial charge in [-0.2, -0.15) is 0 Å². The molecule has 0 aliphatic heterocycles. The van der Waals surface area contributed by atoms with Crippen LogP contribution in [0.25, 0.3) is 10.2 Å². The van der Waals surface area contributed by atoms with E-state index in [1.165, 1.54) is 28.4 Å². The number of hydrogen-bond donors (Lipinski definition) is 1. The number of fused-ring (bicyclic) bond motifs is 1. The molecule has 11 heteroatoms. The summed E-state index contributed by atoms with van der Waals surface area (Å²) in [5, 5.41) is 14.2. The Kier molecular flexibility index (Phi) is 4.61. The van der Waals surface area contributed by atoms with E-state index in [1.807, 2.05) is 30.3 Å². The lowest BCUT2D eigenvalue weighted by Crippen LogP contribution is -2.27. The number of amides is 1. The maximum atomic E-state index is 13.0. The van der Waals surface area contributed by atoms with Crippen molar-refractivity contribution >= 4 is 42.4 Å². The van der Waals surface area contributed by atoms with Crippen LogP contribution in [0, 0.1) is 0 Å². The minimum Gasteiger partial charge on any atom is -0.300 e. The SMILES string of the molecule is CS(=O)(=O)c1ccc2nc(NC(=O)C(c3ccccc3)n3cnnn3)sc2c1. The van der Waals surface area contributed by atoms with Crippen LogP contribution in [0.1, 0.15) is 11.6 Å². The highest BCUT2D eigenvalue weighted by Gasteiger charge is 2.25. The van der Waals surface area contributed by atoms with Crippen LogP contribution in [0.15, 0.2) is 59.8 Å². The van der Waals surface area contributed by atoms with E-state index in [0.29, 0.717) is 20.9 Å². The van der Waals surface area contributed by atoms with Gasteiger partial charge in [-0.3, -0.25) is 10.1 Å². The van der Waals surface area contributed by atoms with Gasteiger partial charge in [0, 0.05) is 6.26 Å². The molecule has 2 aromatic carbocycles. The molecular weight excluding hydrogens is 400 g/mol. The normalized spacial score (nSPS) is 12.8. The average Bonchev–Trinajstić information content (AvgIpc) is 3.30. The molecule has 0 radical (unpaired) electrons. The monoisotopic (exact) mass is 414 g/mol. The number of carbonyl (C=O) groups excluding carboxylic acids is 1. The van der Waals surface area contributed by atoms with E-state index in [2.05, 4.69) is 25.8 Å². The molecule has 9 nitrogen and oxygen atoms in total. The molecule has 1 unspecified atom stereocenters. The van der Waals surface area contributed by atoms with Crippen LogP contribution in [0.3, 0.4) is 0 Å². The summed E-state index contributed by atoms with van der Waals surface area (Å²) in [5.41, 5.74) is 1.32. The van der Waals surface area contributed by atoms with Gasteiger partial charge in [0.05, 0.1) is 15.1 Å². The van der Waals surface area contributed by atoms with Gasteiger partial charge in [0.15, 0.2) is 21.0 Å². The maximum Gasteiger partial charge on any atom is 0.255 e. The minimum absolute atomic E-state index is 0.206. The lowest BCUT2D eigenvalue weighted by Gasteiger charge is -2.15. The molecule has 4 aromatic rings. The molecule has 0 aliphatic rings. The Labute approximate surface area is 164 Å². The Balaban J connectivity index is 1.66. The van der Waals surface area contributed by atoms with E-state index < -0.39 is 15.9 Å². The molecule has 0 fully saturated rings. The second-order valence-electron chi connectivity index (χ2n) is 6.01. The van der Waals surface area contributed by atoms with Crippen molar-refractivity contribution in [3.05, 3.63) is 60.4 Å². The van der Waals surface area contributed by atoms with E-state index in [9.17, 15) is 13.2 Å². The summed E-state index contributed by atoms with van der Waals surface area (Å²) >= 11 is 1.20. The number of anilines is 1. The summed E-state index contributed by atoms with van der Waals surface area (Å²) in [5.74, 6) is -0.360. The fourth-order valence-electron chi connectivity index (χ4n) is 2.71. The van der Waals surface area contributed by atoms with Gasteiger partial charge in [0.2, 0.25) is 0 Å². The number of tetrazole rings is 1. The third-order valence-corrected chi connectivity index (χ3v) is 6.06. The van der Waals surface area contributed by atoms with Crippen LogP contribution in [-0.4, -0.2) is 45.8 Å². The third-order valence-electron chi connectivity index (χ3n) is 4.01. The fraction of sp³-hybridized carbons (Fsp3) is 0.118. The van der Waals surface area contributed by atoms with Crippen LogP contribution in [0.2, 0.25) is 0 Å². The van der Waals surface area contributed by atoms with Crippen molar-refractivity contribution in [2.75, 3.05) is 11.6 Å². The van der Waals surface area contributed by atoms with Gasteiger partial charge in [-0.15, -0.1) is 5.10 Å². The Morgan fingerprint density at radius 3 is 2.64 bits per heavy atom. The van der Waals surface area contributed by atoms with Gasteiger partial charge in [0.1, 0.15) is 6.33 Å². The van der Waals surface area contributed by atoms with E-state index in [4.69, 9.17) is 0 Å². The molecule has 4 rings (SSSR count). The maximum absolute atomic E-state index is 13.0. The summed E-state index contributed by atoms with van der Waals surface area (Å²) in [6.45, 7) is 0. The minimum atomic E-state index is -3.32. The molecule has 0 aliphatic carbocycles. The van der Waals surface area contributed by atoms with E-state index >= 15 is 0 Å². The van der Waals surface area contributed by atoms with Crippen molar-refractivity contribution in [1.29, 1.82) is 0 Å². The molecule has 0 bridgehead atoms. The fourth-order valence-corrected chi connectivity index (χ4v) is 4.34. The molecule has 0 saturated carbocycles. The molecule has 0 saturated heterocycles. The molecule has 142 valence electrons. The number of aromatic nitrogens is 5. The van der Waals surface area contributed by atoms with Crippen molar-refractivity contribution in [1.82, 2.24) is 25.2 Å². The predicted molar refractivity (Wildman–Crippen MR) is 104 cm³/mol. The van der Waals surface area contributed by atoms with Gasteiger partial charge in [-0.25, -0.2) is 18.1 Å². The number of rotatable bonds is 5. The van der Waals surface area contributed by atoms with Crippen LogP contribution in [0.4, 0.5) is 5.13 Å². The highest BCUT2D eigenvalue weighted by molar-refractivity contribution is 7.90. The zero-order valence-corrected chi connectivity index (χ0v) is 16.2. The average molecular weight is 414 g/mol. The Morgan fingerprint density at radius 2 is 1.96 bits per heavy atom. The molecular formula is C17H14N6O3S2. The first-order chi connectivity index (χ1) is 13.4. The van der Waals surface area contributed by atoms with Gasteiger partial charge in [0.25, 0.3) is 5.91 Å². The van der Waals surface area contributed by atoms with Gasteiger partial charge in [-0.05, 0) is 34.2 Å². The summed E-state index contributed by atoms with van der Waals surface area (Å²) in [7, 11) is -3.32. The summed E-state index contributed by atoms with van der Waals surface area (Å²) in [6, 6.07) is 13.0. The first-order valence-electron chi connectivity index (χ1n) is 8.11. The van der Waals surface area contributed by atoms with E-state index in [1.54, 1.807) is 12.1 Å². The zero-order chi connectivity index (χ0) is 19.7. The topological polar surface area (TPSA) is 120 Å². The highest BCUT2D eigenvalue weighted by atomic mass is 32.2. The number of nitrogens with zero attached hydrogens (tertiary/aromatic N) is 5. The van der Waals surface area contributed by atoms with E-state index in [-0.39, 0.29) is 10.8 Å². The predicted octanol–water partition coefficient (Wildman–Crippen LogP) is 1.91. The molecule has 1 N–H and O–H groups in total. The summed E-state index contributed by atoms with van der Waals surface area (Å²) in [6.07, 6.45) is 2.52. The molecule has 28 heavy (non-hydrogen) atoms. The highest BCUT2D eigenvalue weighted by Crippen LogP contribution is 2.29. The number of thiazole rings is 1. The van der Waals surface area contributed by atoms with Crippen LogP contribution in [0.5, 0.6) is 0 Å². The number of nitrogens with one attached hydrogen (secondary N) is 1. The molecule has 0 spiro atoms. The standard InChI is InChI=1S/C17H14N6O3S2/c1-28(25,26)12-7-8-13-14(9-12)27-17(19-13)20-16(24)15(23-10-18-21-22-23)11-5-3-2-4-6-11/h2-10,15H,1H3,(H,19,20,24). The van der Waals surface area contributed by atoms with E-state index in [0.717, 1.165) is 6.26 Å².